The lowest BCUT2D eigenvalue weighted by Gasteiger charge is -2.39. The van der Waals surface area contributed by atoms with Gasteiger partial charge in [-0.3, -0.25) is 4.79 Å². The van der Waals surface area contributed by atoms with E-state index in [2.05, 4.69) is 19.2 Å². The molecule has 1 aliphatic carbocycles. The average molecular weight is 544 g/mol. The molecule has 2 aliphatic rings. The highest BCUT2D eigenvalue weighted by Gasteiger charge is 2.44. The van der Waals surface area contributed by atoms with Gasteiger partial charge in [-0.1, -0.05) is 56.3 Å². The SMILES string of the molecule is COc1ccc(-n2nc(-c3ccccc3)c3c2NC2=C(C(=O)CC(C)(C)C2)C3c2ccc(C(F)(F)F)cc2)cc1. The van der Waals surface area contributed by atoms with Gasteiger partial charge in [0.2, 0.25) is 0 Å². The number of hydrogen-bond acceptors (Lipinski definition) is 4. The second-order valence-electron chi connectivity index (χ2n) is 11.1. The molecule has 1 atom stereocenters. The maximum atomic E-state index is 13.7. The second kappa shape index (κ2) is 9.40. The summed E-state index contributed by atoms with van der Waals surface area (Å²) in [7, 11) is 1.60. The van der Waals surface area contributed by atoms with Crippen molar-refractivity contribution in [3.8, 4) is 22.7 Å². The van der Waals surface area contributed by atoms with Gasteiger partial charge >= 0.3 is 6.18 Å². The van der Waals surface area contributed by atoms with E-state index in [0.717, 1.165) is 34.6 Å². The standard InChI is InChI=1S/C32H28F3N3O2/c1-31(2)17-24-27(25(39)18-31)26(19-9-11-21(12-10-19)32(33,34)35)28-29(20-7-5-4-6-8-20)37-38(30(28)36-24)22-13-15-23(40-3)16-14-22/h4-16,26,36H,17-18H2,1-3H3. The summed E-state index contributed by atoms with van der Waals surface area (Å²) in [5.74, 6) is 0.802. The highest BCUT2D eigenvalue weighted by Crippen LogP contribution is 2.52. The van der Waals surface area contributed by atoms with E-state index in [4.69, 9.17) is 9.84 Å². The first kappa shape index (κ1) is 25.9. The summed E-state index contributed by atoms with van der Waals surface area (Å²) < 4.78 is 47.5. The van der Waals surface area contributed by atoms with E-state index < -0.39 is 17.7 Å². The maximum Gasteiger partial charge on any atom is 0.416 e. The summed E-state index contributed by atoms with van der Waals surface area (Å²) in [5, 5.41) is 8.59. The van der Waals surface area contributed by atoms with Gasteiger partial charge in [0.25, 0.3) is 0 Å². The van der Waals surface area contributed by atoms with E-state index in [9.17, 15) is 18.0 Å². The van der Waals surface area contributed by atoms with Gasteiger partial charge in [0.1, 0.15) is 11.6 Å². The zero-order valence-electron chi connectivity index (χ0n) is 22.3. The van der Waals surface area contributed by atoms with Crippen LogP contribution >= 0.6 is 0 Å². The Bertz CT molecular complexity index is 1620. The van der Waals surface area contributed by atoms with Gasteiger partial charge in [-0.25, -0.2) is 4.68 Å². The number of Topliss-reactive ketones (excluding diaryl/α,β-unsaturated/α-hetero) is 1. The van der Waals surface area contributed by atoms with Gasteiger partial charge in [0.05, 0.1) is 24.1 Å². The fraction of sp³-hybridized carbons (Fsp3) is 0.250. The van der Waals surface area contributed by atoms with Crippen molar-refractivity contribution in [3.05, 3.63) is 107 Å². The van der Waals surface area contributed by atoms with Crippen LogP contribution in [0.2, 0.25) is 0 Å². The smallest absolute Gasteiger partial charge is 0.416 e. The lowest BCUT2D eigenvalue weighted by atomic mass is 9.69. The van der Waals surface area contributed by atoms with E-state index >= 15 is 0 Å². The molecular weight excluding hydrogens is 515 g/mol. The van der Waals surface area contributed by atoms with Gasteiger partial charge in [-0.05, 0) is 53.8 Å². The number of hydrogen-bond donors (Lipinski definition) is 1. The molecule has 0 fully saturated rings. The minimum absolute atomic E-state index is 0.00879. The molecule has 204 valence electrons. The van der Waals surface area contributed by atoms with Crippen molar-refractivity contribution in [2.75, 3.05) is 12.4 Å². The largest absolute Gasteiger partial charge is 0.497 e. The van der Waals surface area contributed by atoms with Gasteiger partial charge in [-0.15, -0.1) is 0 Å². The number of halogens is 3. The van der Waals surface area contributed by atoms with Gasteiger partial charge < -0.3 is 10.1 Å². The van der Waals surface area contributed by atoms with Gasteiger partial charge in [0.15, 0.2) is 5.78 Å². The number of carbonyl (C=O) groups is 1. The number of benzene rings is 3. The van der Waals surface area contributed by atoms with Crippen molar-refractivity contribution in [1.82, 2.24) is 9.78 Å². The fourth-order valence-corrected chi connectivity index (χ4v) is 5.81. The number of rotatable bonds is 4. The summed E-state index contributed by atoms with van der Waals surface area (Å²) >= 11 is 0. The number of carbonyl (C=O) groups excluding carboxylic acids is 1. The lowest BCUT2D eigenvalue weighted by molar-refractivity contribution is -0.137. The van der Waals surface area contributed by atoms with Gasteiger partial charge in [0, 0.05) is 34.7 Å². The Kier molecular flexibility index (Phi) is 6.09. The molecule has 2 heterocycles. The number of anilines is 1. The molecule has 40 heavy (non-hydrogen) atoms. The van der Waals surface area contributed by atoms with Crippen LogP contribution in [0.5, 0.6) is 5.75 Å². The maximum absolute atomic E-state index is 13.7. The molecule has 4 aromatic rings. The van der Waals surface area contributed by atoms with E-state index in [-0.39, 0.29) is 11.2 Å². The number of aromatic nitrogens is 2. The summed E-state index contributed by atoms with van der Waals surface area (Å²) in [4.78, 5) is 13.7. The Morgan fingerprint density at radius 3 is 2.25 bits per heavy atom. The van der Waals surface area contributed by atoms with E-state index in [1.54, 1.807) is 7.11 Å². The van der Waals surface area contributed by atoms with Crippen LogP contribution in [0.1, 0.15) is 49.3 Å². The number of alkyl halides is 3. The molecule has 3 aromatic carbocycles. The lowest BCUT2D eigenvalue weighted by Crippen LogP contribution is -2.34. The average Bonchev–Trinajstić information content (AvgIpc) is 3.30. The normalized spacial score (nSPS) is 18.1. The summed E-state index contributed by atoms with van der Waals surface area (Å²) in [6.07, 6.45) is -3.48. The molecule has 1 aliphatic heterocycles. The molecule has 0 spiro atoms. The van der Waals surface area contributed by atoms with Crippen LogP contribution in [-0.2, 0) is 11.0 Å². The van der Waals surface area contributed by atoms with Crippen LogP contribution in [0.25, 0.3) is 16.9 Å². The van der Waals surface area contributed by atoms with Crippen LogP contribution in [0, 0.1) is 5.41 Å². The molecule has 1 N–H and O–H groups in total. The van der Waals surface area contributed by atoms with Crippen molar-refractivity contribution < 1.29 is 22.7 Å². The summed E-state index contributed by atoms with van der Waals surface area (Å²) in [6, 6.07) is 22.3. The van der Waals surface area contributed by atoms with Crippen molar-refractivity contribution in [3.63, 3.8) is 0 Å². The first-order chi connectivity index (χ1) is 19.1. The molecule has 0 saturated heterocycles. The Morgan fingerprint density at radius 2 is 1.62 bits per heavy atom. The van der Waals surface area contributed by atoms with Crippen molar-refractivity contribution in [2.24, 2.45) is 5.41 Å². The first-order valence-corrected chi connectivity index (χ1v) is 13.1. The number of nitrogens with zero attached hydrogens (tertiary/aromatic N) is 2. The fourth-order valence-electron chi connectivity index (χ4n) is 5.81. The molecular formula is C32H28F3N3O2. The third-order valence-electron chi connectivity index (χ3n) is 7.62. The Balaban J connectivity index is 1.62. The summed E-state index contributed by atoms with van der Waals surface area (Å²) in [5.41, 5.74) is 4.04. The van der Waals surface area contributed by atoms with E-state index in [0.29, 0.717) is 41.2 Å². The molecule has 1 aromatic heterocycles. The van der Waals surface area contributed by atoms with Crippen molar-refractivity contribution >= 4 is 11.6 Å². The molecule has 8 heteroatoms. The molecule has 1 unspecified atom stereocenters. The third-order valence-corrected chi connectivity index (χ3v) is 7.62. The van der Waals surface area contributed by atoms with Crippen molar-refractivity contribution in [1.29, 1.82) is 0 Å². The van der Waals surface area contributed by atoms with Gasteiger partial charge in [-0.2, -0.15) is 18.3 Å². The van der Waals surface area contributed by atoms with Crippen molar-refractivity contribution in [2.45, 2.75) is 38.8 Å². The zero-order chi connectivity index (χ0) is 28.2. The minimum Gasteiger partial charge on any atom is -0.497 e. The Hall–Kier alpha value is -4.33. The highest BCUT2D eigenvalue weighted by molar-refractivity contribution is 6.02. The third kappa shape index (κ3) is 4.47. The molecule has 0 amide bonds. The summed E-state index contributed by atoms with van der Waals surface area (Å²) in [6.45, 7) is 4.10. The number of ether oxygens (including phenoxy) is 1. The number of nitrogens with one attached hydrogen (secondary N) is 1. The van der Waals surface area contributed by atoms with Crippen LogP contribution < -0.4 is 10.1 Å². The zero-order valence-corrected chi connectivity index (χ0v) is 22.3. The van der Waals surface area contributed by atoms with Crippen LogP contribution in [0.4, 0.5) is 19.0 Å². The monoisotopic (exact) mass is 543 g/mol. The minimum atomic E-state index is -4.46. The van der Waals surface area contributed by atoms with E-state index in [1.165, 1.54) is 12.1 Å². The number of fused-ring (bicyclic) bond motifs is 1. The van der Waals surface area contributed by atoms with E-state index in [1.807, 2.05) is 59.3 Å². The molecule has 0 radical (unpaired) electrons. The predicted molar refractivity (Wildman–Crippen MR) is 148 cm³/mol. The van der Waals surface area contributed by atoms with Crippen LogP contribution in [0.3, 0.4) is 0 Å². The Morgan fingerprint density at radius 1 is 0.950 bits per heavy atom. The van der Waals surface area contributed by atoms with Crippen LogP contribution in [-0.4, -0.2) is 22.7 Å². The highest BCUT2D eigenvalue weighted by atomic mass is 19.4. The first-order valence-electron chi connectivity index (χ1n) is 13.1. The number of allylic oxidation sites excluding steroid dienone is 2. The molecule has 5 nitrogen and oxygen atoms in total. The molecule has 0 saturated carbocycles. The topological polar surface area (TPSA) is 56.1 Å². The van der Waals surface area contributed by atoms with Crippen LogP contribution in [0.15, 0.2) is 90.1 Å². The molecule has 6 rings (SSSR count). The number of ketones is 1. The second-order valence-corrected chi connectivity index (χ2v) is 11.1. The predicted octanol–water partition coefficient (Wildman–Crippen LogP) is 7.77. The number of methoxy groups -OCH3 is 1. The molecule has 0 bridgehead atoms. The quantitative estimate of drug-likeness (QED) is 0.286. The Labute approximate surface area is 230 Å².